The molecule has 0 spiro atoms. The Balaban J connectivity index is 1.69. The molecule has 174 valence electrons. The second-order valence-corrected chi connectivity index (χ2v) is 9.60. The molecule has 0 aliphatic carbocycles. The molecular formula is C23H30FN3O4S. The number of hydrogen-bond donors (Lipinski definition) is 2. The number of methoxy groups -OCH3 is 1. The number of halogens is 1. The van der Waals surface area contributed by atoms with E-state index in [4.69, 9.17) is 4.74 Å². The van der Waals surface area contributed by atoms with E-state index in [9.17, 15) is 17.6 Å². The summed E-state index contributed by atoms with van der Waals surface area (Å²) in [7, 11) is -2.17. The van der Waals surface area contributed by atoms with Gasteiger partial charge in [0.25, 0.3) is 16.1 Å². The molecule has 1 amide bonds. The number of carbonyl (C=O) groups is 1. The minimum absolute atomic E-state index is 0.207. The zero-order valence-electron chi connectivity index (χ0n) is 18.2. The van der Waals surface area contributed by atoms with E-state index in [1.165, 1.54) is 11.4 Å². The molecule has 1 aliphatic rings. The van der Waals surface area contributed by atoms with E-state index in [1.807, 2.05) is 36.4 Å². The quantitative estimate of drug-likeness (QED) is 0.567. The molecule has 0 atom stereocenters. The molecule has 0 aromatic heterocycles. The molecule has 1 aliphatic heterocycles. The largest absolute Gasteiger partial charge is 0.496 e. The highest BCUT2D eigenvalue weighted by molar-refractivity contribution is 7.87. The van der Waals surface area contributed by atoms with Crippen molar-refractivity contribution in [2.24, 2.45) is 0 Å². The second kappa shape index (κ2) is 10.9. The molecule has 0 unspecified atom stereocenters. The van der Waals surface area contributed by atoms with Crippen molar-refractivity contribution in [3.63, 3.8) is 0 Å². The van der Waals surface area contributed by atoms with E-state index in [-0.39, 0.29) is 17.9 Å². The molecule has 1 heterocycles. The van der Waals surface area contributed by atoms with Crippen molar-refractivity contribution in [1.29, 1.82) is 0 Å². The van der Waals surface area contributed by atoms with E-state index < -0.39 is 16.9 Å². The van der Waals surface area contributed by atoms with Gasteiger partial charge in [0.1, 0.15) is 12.4 Å². The van der Waals surface area contributed by atoms with E-state index >= 15 is 0 Å². The molecular weight excluding hydrogens is 433 g/mol. The number of amides is 1. The second-order valence-electron chi connectivity index (χ2n) is 7.84. The highest BCUT2D eigenvalue weighted by Gasteiger charge is 2.39. The van der Waals surface area contributed by atoms with Gasteiger partial charge in [-0.25, -0.2) is 4.39 Å². The number of alkyl halides is 1. The van der Waals surface area contributed by atoms with Crippen molar-refractivity contribution in [2.75, 3.05) is 40.0 Å². The fourth-order valence-electron chi connectivity index (χ4n) is 4.23. The minimum Gasteiger partial charge on any atom is -0.496 e. The lowest BCUT2D eigenvalue weighted by atomic mass is 9.71. The lowest BCUT2D eigenvalue weighted by Crippen LogP contribution is -2.50. The number of ether oxygens (including phenoxy) is 1. The first-order chi connectivity index (χ1) is 15.4. The summed E-state index contributed by atoms with van der Waals surface area (Å²) < 4.78 is 46.1. The SMILES string of the molecule is COc1ccccc1C(=O)NCCC1(c2ccccc2)CCN(S(=O)(=O)NCCF)CC1. The van der Waals surface area contributed by atoms with Crippen LogP contribution in [0, 0.1) is 0 Å². The Hall–Kier alpha value is -2.49. The molecule has 9 heteroatoms. The van der Waals surface area contributed by atoms with Crippen LogP contribution >= 0.6 is 0 Å². The van der Waals surface area contributed by atoms with Gasteiger partial charge in [-0.3, -0.25) is 4.79 Å². The lowest BCUT2D eigenvalue weighted by Gasteiger charge is -2.42. The summed E-state index contributed by atoms with van der Waals surface area (Å²) in [6, 6.07) is 17.0. The Morgan fingerprint density at radius 1 is 1.06 bits per heavy atom. The third-order valence-electron chi connectivity index (χ3n) is 6.03. The van der Waals surface area contributed by atoms with Crippen LogP contribution < -0.4 is 14.8 Å². The van der Waals surface area contributed by atoms with Crippen molar-refractivity contribution in [3.05, 3.63) is 65.7 Å². The molecule has 3 rings (SSSR count). The van der Waals surface area contributed by atoms with Gasteiger partial charge in [-0.05, 0) is 42.4 Å². The maximum Gasteiger partial charge on any atom is 0.279 e. The molecule has 2 aromatic carbocycles. The first-order valence-electron chi connectivity index (χ1n) is 10.7. The van der Waals surface area contributed by atoms with Crippen LogP contribution in [-0.2, 0) is 15.6 Å². The number of nitrogens with one attached hydrogen (secondary N) is 2. The first-order valence-corrected chi connectivity index (χ1v) is 12.1. The molecule has 2 N–H and O–H groups in total. The minimum atomic E-state index is -3.70. The van der Waals surface area contributed by atoms with Gasteiger partial charge in [0.05, 0.1) is 12.7 Å². The molecule has 32 heavy (non-hydrogen) atoms. The third kappa shape index (κ3) is 5.65. The first kappa shape index (κ1) is 24.2. The Morgan fingerprint density at radius 2 is 1.72 bits per heavy atom. The van der Waals surface area contributed by atoms with Crippen LogP contribution in [0.2, 0.25) is 0 Å². The van der Waals surface area contributed by atoms with E-state index in [1.54, 1.807) is 18.2 Å². The fourth-order valence-corrected chi connectivity index (χ4v) is 5.41. The van der Waals surface area contributed by atoms with Gasteiger partial charge in [-0.15, -0.1) is 0 Å². The van der Waals surface area contributed by atoms with E-state index in [2.05, 4.69) is 10.0 Å². The van der Waals surface area contributed by atoms with Crippen LogP contribution in [-0.4, -0.2) is 58.6 Å². The van der Waals surface area contributed by atoms with Crippen molar-refractivity contribution >= 4 is 16.1 Å². The number of hydrogen-bond acceptors (Lipinski definition) is 4. The summed E-state index contributed by atoms with van der Waals surface area (Å²) >= 11 is 0. The third-order valence-corrected chi connectivity index (χ3v) is 7.64. The molecule has 0 bridgehead atoms. The summed E-state index contributed by atoms with van der Waals surface area (Å²) in [6.07, 6.45) is 1.89. The zero-order valence-corrected chi connectivity index (χ0v) is 19.0. The van der Waals surface area contributed by atoms with Gasteiger partial charge in [-0.1, -0.05) is 42.5 Å². The fraction of sp³-hybridized carbons (Fsp3) is 0.435. The maximum absolute atomic E-state index is 12.7. The average molecular weight is 464 g/mol. The normalized spacial score (nSPS) is 16.4. The summed E-state index contributed by atoms with van der Waals surface area (Å²) in [5.41, 5.74) is 1.34. The van der Waals surface area contributed by atoms with Crippen molar-refractivity contribution in [3.8, 4) is 5.75 Å². The summed E-state index contributed by atoms with van der Waals surface area (Å²) in [5, 5.41) is 2.98. The highest BCUT2D eigenvalue weighted by Crippen LogP contribution is 2.39. The summed E-state index contributed by atoms with van der Waals surface area (Å²) in [6.45, 7) is 0.136. The van der Waals surface area contributed by atoms with Crippen LogP contribution in [0.5, 0.6) is 5.75 Å². The van der Waals surface area contributed by atoms with Gasteiger partial charge in [-0.2, -0.15) is 17.4 Å². The smallest absolute Gasteiger partial charge is 0.279 e. The zero-order chi connectivity index (χ0) is 23.0. The van der Waals surface area contributed by atoms with Gasteiger partial charge < -0.3 is 10.1 Å². The van der Waals surface area contributed by atoms with Crippen LogP contribution in [0.15, 0.2) is 54.6 Å². The van der Waals surface area contributed by atoms with Gasteiger partial charge in [0.2, 0.25) is 0 Å². The molecule has 0 radical (unpaired) electrons. The summed E-state index contributed by atoms with van der Waals surface area (Å²) in [5.74, 6) is 0.308. The topological polar surface area (TPSA) is 87.7 Å². The van der Waals surface area contributed by atoms with Crippen molar-refractivity contribution < 1.29 is 22.3 Å². The van der Waals surface area contributed by atoms with Crippen LogP contribution in [0.25, 0.3) is 0 Å². The monoisotopic (exact) mass is 463 g/mol. The molecule has 2 aromatic rings. The van der Waals surface area contributed by atoms with Crippen LogP contribution in [0.4, 0.5) is 4.39 Å². The van der Waals surface area contributed by atoms with Crippen molar-refractivity contribution in [2.45, 2.75) is 24.7 Å². The molecule has 7 nitrogen and oxygen atoms in total. The highest BCUT2D eigenvalue weighted by atomic mass is 32.2. The van der Waals surface area contributed by atoms with E-state index in [0.29, 0.717) is 50.2 Å². The number of piperidine rings is 1. The lowest BCUT2D eigenvalue weighted by molar-refractivity contribution is 0.0944. The number of rotatable bonds is 10. The Kier molecular flexibility index (Phi) is 8.22. The van der Waals surface area contributed by atoms with Gasteiger partial charge >= 0.3 is 0 Å². The standard InChI is InChI=1S/C23H30FN3O4S/c1-31-21-10-6-5-9-20(21)22(28)25-15-11-23(19-7-3-2-4-8-19)12-17-27(18-13-23)32(29,30)26-16-14-24/h2-10,26H,11-18H2,1H3,(H,25,28). The Labute approximate surface area is 189 Å². The van der Waals surface area contributed by atoms with E-state index in [0.717, 1.165) is 5.56 Å². The number of nitrogens with zero attached hydrogens (tertiary/aromatic N) is 1. The molecule has 1 saturated heterocycles. The molecule has 1 fully saturated rings. The predicted molar refractivity (Wildman–Crippen MR) is 122 cm³/mol. The van der Waals surface area contributed by atoms with Crippen LogP contribution in [0.1, 0.15) is 35.2 Å². The number of benzene rings is 2. The molecule has 0 saturated carbocycles. The Morgan fingerprint density at radius 3 is 2.38 bits per heavy atom. The summed E-state index contributed by atoms with van der Waals surface area (Å²) in [4.78, 5) is 12.7. The van der Waals surface area contributed by atoms with Crippen LogP contribution in [0.3, 0.4) is 0 Å². The van der Waals surface area contributed by atoms with Gasteiger partial charge in [0.15, 0.2) is 0 Å². The average Bonchev–Trinajstić information content (AvgIpc) is 2.83. The number of carbonyl (C=O) groups excluding carboxylic acids is 1. The van der Waals surface area contributed by atoms with Gasteiger partial charge in [0, 0.05) is 26.2 Å². The maximum atomic E-state index is 12.7. The Bertz CT molecular complexity index is 993. The predicted octanol–water partition coefficient (Wildman–Crippen LogP) is 2.65. The van der Waals surface area contributed by atoms with Crippen molar-refractivity contribution in [1.82, 2.24) is 14.3 Å². The number of para-hydroxylation sites is 1.